The van der Waals surface area contributed by atoms with Gasteiger partial charge in [-0.15, -0.1) is 11.3 Å². The van der Waals surface area contributed by atoms with Crippen LogP contribution in [-0.2, 0) is 0 Å². The number of hydrogen-bond acceptors (Lipinski definition) is 4. The molecule has 1 aromatic carbocycles. The van der Waals surface area contributed by atoms with Gasteiger partial charge >= 0.3 is 0 Å². The van der Waals surface area contributed by atoms with E-state index < -0.39 is 6.10 Å². The van der Waals surface area contributed by atoms with Crippen LogP contribution in [0.15, 0.2) is 46.2 Å². The monoisotopic (exact) mass is 285 g/mol. The second-order valence-electron chi connectivity index (χ2n) is 4.71. The maximum absolute atomic E-state index is 10.4. The van der Waals surface area contributed by atoms with Crippen LogP contribution in [0.25, 0.3) is 11.3 Å². The van der Waals surface area contributed by atoms with Gasteiger partial charge in [0.1, 0.15) is 22.6 Å². The van der Waals surface area contributed by atoms with E-state index in [1.807, 2.05) is 55.6 Å². The molecule has 1 unspecified atom stereocenters. The molecule has 0 radical (unpaired) electrons. The van der Waals surface area contributed by atoms with Crippen molar-refractivity contribution in [1.82, 2.24) is 4.98 Å². The minimum atomic E-state index is -0.678. The van der Waals surface area contributed by atoms with E-state index in [1.165, 1.54) is 11.3 Å². The maximum atomic E-state index is 10.4. The summed E-state index contributed by atoms with van der Waals surface area (Å²) in [7, 11) is 0. The van der Waals surface area contributed by atoms with Gasteiger partial charge in [0.2, 0.25) is 0 Å². The standard InChI is InChI=1S/C16H15NO2S/c1-10-8-13(11(2)19-10)14-9-20-16(17-14)15(18)12-6-4-3-5-7-12/h3-9,15,18H,1-2H3. The molecule has 0 aliphatic rings. The highest BCUT2D eigenvalue weighted by Crippen LogP contribution is 2.31. The number of aliphatic hydroxyl groups excluding tert-OH is 1. The molecule has 4 heteroatoms. The third-order valence-electron chi connectivity index (χ3n) is 3.19. The molecule has 3 rings (SSSR count). The molecule has 0 bridgehead atoms. The van der Waals surface area contributed by atoms with Crippen LogP contribution in [0.3, 0.4) is 0 Å². The van der Waals surface area contributed by atoms with Crippen LogP contribution in [0.2, 0.25) is 0 Å². The highest BCUT2D eigenvalue weighted by atomic mass is 32.1. The molecule has 0 aliphatic heterocycles. The van der Waals surface area contributed by atoms with Gasteiger partial charge < -0.3 is 9.52 Å². The first kappa shape index (κ1) is 13.1. The van der Waals surface area contributed by atoms with Gasteiger partial charge in [-0.3, -0.25) is 0 Å². The molecule has 20 heavy (non-hydrogen) atoms. The van der Waals surface area contributed by atoms with Gasteiger partial charge in [0, 0.05) is 10.9 Å². The Morgan fingerprint density at radius 2 is 1.95 bits per heavy atom. The Morgan fingerprint density at radius 3 is 2.60 bits per heavy atom. The van der Waals surface area contributed by atoms with E-state index >= 15 is 0 Å². The van der Waals surface area contributed by atoms with E-state index in [0.717, 1.165) is 28.3 Å². The van der Waals surface area contributed by atoms with E-state index in [4.69, 9.17) is 4.42 Å². The van der Waals surface area contributed by atoms with Gasteiger partial charge in [0.25, 0.3) is 0 Å². The number of aromatic nitrogens is 1. The molecule has 1 N–H and O–H groups in total. The summed E-state index contributed by atoms with van der Waals surface area (Å²) < 4.78 is 5.53. The first-order chi connectivity index (χ1) is 9.65. The molecule has 0 spiro atoms. The molecule has 0 saturated heterocycles. The van der Waals surface area contributed by atoms with Crippen molar-refractivity contribution in [3.8, 4) is 11.3 Å². The Balaban J connectivity index is 1.93. The highest BCUT2D eigenvalue weighted by Gasteiger charge is 2.17. The summed E-state index contributed by atoms with van der Waals surface area (Å²) in [6, 6.07) is 11.5. The van der Waals surface area contributed by atoms with Crippen LogP contribution in [0.5, 0.6) is 0 Å². The number of benzene rings is 1. The van der Waals surface area contributed by atoms with Crippen molar-refractivity contribution in [2.45, 2.75) is 20.0 Å². The van der Waals surface area contributed by atoms with Crippen molar-refractivity contribution in [3.63, 3.8) is 0 Å². The van der Waals surface area contributed by atoms with Crippen LogP contribution in [0.1, 0.15) is 28.2 Å². The number of furan rings is 1. The third-order valence-corrected chi connectivity index (χ3v) is 4.09. The molecule has 0 fully saturated rings. The summed E-state index contributed by atoms with van der Waals surface area (Å²) in [5.41, 5.74) is 2.70. The molecular weight excluding hydrogens is 270 g/mol. The summed E-state index contributed by atoms with van der Waals surface area (Å²) in [6.07, 6.45) is -0.678. The number of thiazole rings is 1. The molecule has 3 nitrogen and oxygen atoms in total. The van der Waals surface area contributed by atoms with Crippen LogP contribution >= 0.6 is 11.3 Å². The van der Waals surface area contributed by atoms with Crippen LogP contribution in [-0.4, -0.2) is 10.1 Å². The van der Waals surface area contributed by atoms with Gasteiger partial charge in [0.05, 0.1) is 5.69 Å². The molecule has 1 atom stereocenters. The zero-order valence-electron chi connectivity index (χ0n) is 11.3. The van der Waals surface area contributed by atoms with Crippen molar-refractivity contribution in [3.05, 3.63) is 63.9 Å². The predicted octanol–water partition coefficient (Wildman–Crippen LogP) is 4.10. The number of rotatable bonds is 3. The lowest BCUT2D eigenvalue weighted by molar-refractivity contribution is 0.220. The number of aryl methyl sites for hydroxylation is 2. The molecule has 102 valence electrons. The molecule has 3 aromatic rings. The van der Waals surface area contributed by atoms with Crippen molar-refractivity contribution >= 4 is 11.3 Å². The van der Waals surface area contributed by atoms with E-state index in [1.54, 1.807) is 0 Å². The lowest BCUT2D eigenvalue weighted by Crippen LogP contribution is -1.98. The molecule has 0 aliphatic carbocycles. The molecule has 2 aromatic heterocycles. The van der Waals surface area contributed by atoms with Gasteiger partial charge in [-0.25, -0.2) is 4.98 Å². The van der Waals surface area contributed by atoms with E-state index in [2.05, 4.69) is 4.98 Å². The predicted molar refractivity (Wildman–Crippen MR) is 79.8 cm³/mol. The van der Waals surface area contributed by atoms with Gasteiger partial charge in [-0.2, -0.15) is 0 Å². The fraction of sp³-hybridized carbons (Fsp3) is 0.188. The SMILES string of the molecule is Cc1cc(-c2csc(C(O)c3ccccc3)n2)c(C)o1. The summed E-state index contributed by atoms with van der Waals surface area (Å²) in [6.45, 7) is 3.84. The second-order valence-corrected chi connectivity index (χ2v) is 5.60. The molecule has 0 amide bonds. The molecule has 0 saturated carbocycles. The van der Waals surface area contributed by atoms with Crippen LogP contribution in [0.4, 0.5) is 0 Å². The average molecular weight is 285 g/mol. The summed E-state index contributed by atoms with van der Waals surface area (Å²) >= 11 is 1.46. The normalized spacial score (nSPS) is 12.6. The Hall–Kier alpha value is -1.91. The number of aliphatic hydroxyl groups is 1. The fourth-order valence-electron chi connectivity index (χ4n) is 2.20. The smallest absolute Gasteiger partial charge is 0.131 e. The van der Waals surface area contributed by atoms with Gasteiger partial charge in [-0.05, 0) is 25.5 Å². The number of hydrogen-bond donors (Lipinski definition) is 1. The Bertz CT molecular complexity index is 715. The lowest BCUT2D eigenvalue weighted by atomic mass is 10.1. The van der Waals surface area contributed by atoms with E-state index in [-0.39, 0.29) is 0 Å². The van der Waals surface area contributed by atoms with Crippen LogP contribution < -0.4 is 0 Å². The summed E-state index contributed by atoms with van der Waals surface area (Å²) in [4.78, 5) is 4.54. The van der Waals surface area contributed by atoms with Crippen LogP contribution in [0, 0.1) is 13.8 Å². The molecule has 2 heterocycles. The Kier molecular flexibility index (Phi) is 3.42. The third kappa shape index (κ3) is 2.40. The van der Waals surface area contributed by atoms with E-state index in [9.17, 15) is 5.11 Å². The highest BCUT2D eigenvalue weighted by molar-refractivity contribution is 7.10. The topological polar surface area (TPSA) is 46.3 Å². The Labute approximate surface area is 121 Å². The fourth-order valence-corrected chi connectivity index (χ4v) is 3.03. The van der Waals surface area contributed by atoms with Crippen molar-refractivity contribution < 1.29 is 9.52 Å². The first-order valence-corrected chi connectivity index (χ1v) is 7.29. The van der Waals surface area contributed by atoms with Crippen molar-refractivity contribution in [1.29, 1.82) is 0 Å². The first-order valence-electron chi connectivity index (χ1n) is 6.41. The van der Waals surface area contributed by atoms with Crippen molar-refractivity contribution in [2.75, 3.05) is 0 Å². The van der Waals surface area contributed by atoms with Gasteiger partial charge in [0.15, 0.2) is 0 Å². The minimum absolute atomic E-state index is 0.678. The summed E-state index contributed by atoms with van der Waals surface area (Å²) in [5.74, 6) is 1.73. The minimum Gasteiger partial charge on any atom is -0.466 e. The zero-order chi connectivity index (χ0) is 14.1. The maximum Gasteiger partial charge on any atom is 0.131 e. The summed E-state index contributed by atoms with van der Waals surface area (Å²) in [5, 5.41) is 13.0. The number of nitrogens with zero attached hydrogens (tertiary/aromatic N) is 1. The zero-order valence-corrected chi connectivity index (χ0v) is 12.1. The van der Waals surface area contributed by atoms with E-state index in [0.29, 0.717) is 5.01 Å². The van der Waals surface area contributed by atoms with Gasteiger partial charge in [-0.1, -0.05) is 30.3 Å². The average Bonchev–Trinajstić information content (AvgIpc) is 3.05. The largest absolute Gasteiger partial charge is 0.466 e. The quantitative estimate of drug-likeness (QED) is 0.788. The molecular formula is C16H15NO2S. The lowest BCUT2D eigenvalue weighted by Gasteiger charge is -2.06. The second kappa shape index (κ2) is 5.23. The Morgan fingerprint density at radius 1 is 1.20 bits per heavy atom. The van der Waals surface area contributed by atoms with Crippen molar-refractivity contribution in [2.24, 2.45) is 0 Å².